The summed E-state index contributed by atoms with van der Waals surface area (Å²) in [5, 5.41) is 7.34. The van der Waals surface area contributed by atoms with Gasteiger partial charge in [0.15, 0.2) is 0 Å². The number of nitrogens with zero attached hydrogens (tertiary/aromatic N) is 2. The molecule has 0 unspecified atom stereocenters. The van der Waals surface area contributed by atoms with Crippen LogP contribution in [0.4, 0.5) is 0 Å². The third kappa shape index (κ3) is 5.02. The van der Waals surface area contributed by atoms with E-state index in [1.165, 1.54) is 5.56 Å². The number of hydrogen-bond donors (Lipinski definition) is 1. The Morgan fingerprint density at radius 2 is 1.72 bits per heavy atom. The highest BCUT2D eigenvalue weighted by Gasteiger charge is 2.17. The molecule has 1 heterocycles. The minimum absolute atomic E-state index is 0.118. The molecule has 1 N–H and O–H groups in total. The van der Waals surface area contributed by atoms with Crippen LogP contribution in [-0.4, -0.2) is 35.3 Å². The number of benzene rings is 2. The molecule has 0 amide bonds. The van der Waals surface area contributed by atoms with Crippen molar-refractivity contribution in [3.8, 4) is 0 Å². The molecule has 4 nitrogen and oxygen atoms in total. The van der Waals surface area contributed by atoms with Gasteiger partial charge in [-0.05, 0) is 31.2 Å². The van der Waals surface area contributed by atoms with Crippen LogP contribution in [-0.2, 0) is 11.3 Å². The molecule has 0 aliphatic heterocycles. The summed E-state index contributed by atoms with van der Waals surface area (Å²) in [5.74, 6) is 0. The monoisotopic (exact) mass is 335 g/mol. The largest absolute Gasteiger partial charge is 0.366 e. The van der Waals surface area contributed by atoms with E-state index < -0.39 is 0 Å². The lowest BCUT2D eigenvalue weighted by Gasteiger charge is -2.21. The van der Waals surface area contributed by atoms with Crippen molar-refractivity contribution >= 4 is 0 Å². The number of rotatable bonds is 8. The van der Waals surface area contributed by atoms with Crippen LogP contribution in [0.3, 0.4) is 0 Å². The van der Waals surface area contributed by atoms with E-state index >= 15 is 0 Å². The van der Waals surface area contributed by atoms with E-state index in [1.807, 2.05) is 37.3 Å². The van der Waals surface area contributed by atoms with Gasteiger partial charge in [0.1, 0.15) is 6.10 Å². The zero-order chi connectivity index (χ0) is 17.5. The summed E-state index contributed by atoms with van der Waals surface area (Å²) >= 11 is 0. The summed E-state index contributed by atoms with van der Waals surface area (Å²) in [6, 6.07) is 22.8. The maximum absolute atomic E-state index is 6.22. The molecule has 0 saturated carbocycles. The first-order valence-corrected chi connectivity index (χ1v) is 8.63. The Kier molecular flexibility index (Phi) is 5.99. The second-order valence-corrected chi connectivity index (χ2v) is 6.35. The van der Waals surface area contributed by atoms with Crippen LogP contribution in [0, 0.1) is 6.92 Å². The Morgan fingerprint density at radius 3 is 2.36 bits per heavy atom. The average molecular weight is 335 g/mol. The Morgan fingerprint density at radius 1 is 1.04 bits per heavy atom. The first-order valence-electron chi connectivity index (χ1n) is 8.63. The topological polar surface area (TPSA) is 41.1 Å². The molecule has 2 aromatic carbocycles. The lowest BCUT2D eigenvalue weighted by Crippen LogP contribution is -2.24. The molecule has 0 aliphatic carbocycles. The van der Waals surface area contributed by atoms with Gasteiger partial charge in [-0.2, -0.15) is 5.10 Å². The molecule has 1 aromatic heterocycles. The van der Waals surface area contributed by atoms with Crippen LogP contribution in [0.1, 0.15) is 28.6 Å². The first kappa shape index (κ1) is 17.4. The average Bonchev–Trinajstić information content (AvgIpc) is 3.06. The zero-order valence-electron chi connectivity index (χ0n) is 14.9. The lowest BCUT2D eigenvalue weighted by atomic mass is 10.1. The molecular formula is C21H25N3O. The highest BCUT2D eigenvalue weighted by atomic mass is 16.5. The van der Waals surface area contributed by atoms with E-state index in [9.17, 15) is 0 Å². The molecule has 0 spiro atoms. The van der Waals surface area contributed by atoms with Crippen molar-refractivity contribution in [3.05, 3.63) is 89.2 Å². The third-order valence-corrected chi connectivity index (χ3v) is 4.16. The number of aryl methyl sites for hydroxylation is 1. The summed E-state index contributed by atoms with van der Waals surface area (Å²) in [5.41, 5.74) is 4.42. The van der Waals surface area contributed by atoms with Crippen molar-refractivity contribution in [1.82, 2.24) is 15.1 Å². The van der Waals surface area contributed by atoms with E-state index in [-0.39, 0.29) is 6.10 Å². The summed E-state index contributed by atoms with van der Waals surface area (Å²) in [4.78, 5) is 2.27. The number of hydrogen-bond acceptors (Lipinski definition) is 3. The fourth-order valence-electron chi connectivity index (χ4n) is 2.87. The Balaban J connectivity index is 1.59. The number of H-pyrrole nitrogens is 1. The molecule has 25 heavy (non-hydrogen) atoms. The van der Waals surface area contributed by atoms with Gasteiger partial charge in [0.2, 0.25) is 0 Å². The quantitative estimate of drug-likeness (QED) is 0.677. The standard InChI is InChI=1S/C21H25N3O/c1-17-15-20(23-22-17)21(19-11-7-4-8-12-19)25-14-13-24(2)16-18-9-5-3-6-10-18/h3-12,15,21H,13-14,16H2,1-2H3,(H,22,23)/t21-/m0/s1. The molecule has 0 saturated heterocycles. The predicted octanol–water partition coefficient (Wildman–Crippen LogP) is 3.96. The Labute approximate surface area is 149 Å². The Bertz CT molecular complexity index is 755. The van der Waals surface area contributed by atoms with Crippen LogP contribution in [0.5, 0.6) is 0 Å². The highest BCUT2D eigenvalue weighted by molar-refractivity contribution is 5.26. The van der Waals surface area contributed by atoms with E-state index in [4.69, 9.17) is 4.74 Å². The van der Waals surface area contributed by atoms with Crippen molar-refractivity contribution in [2.75, 3.05) is 20.2 Å². The van der Waals surface area contributed by atoms with E-state index in [0.29, 0.717) is 6.61 Å². The van der Waals surface area contributed by atoms with Crippen LogP contribution < -0.4 is 0 Å². The maximum Gasteiger partial charge on any atom is 0.124 e. The Hall–Kier alpha value is -2.43. The normalized spacial score (nSPS) is 12.4. The molecule has 0 bridgehead atoms. The molecule has 1 atom stereocenters. The molecule has 0 radical (unpaired) electrons. The highest BCUT2D eigenvalue weighted by Crippen LogP contribution is 2.24. The van der Waals surface area contributed by atoms with Gasteiger partial charge in [0.05, 0.1) is 18.0 Å². The van der Waals surface area contributed by atoms with Gasteiger partial charge in [-0.3, -0.25) is 10.00 Å². The SMILES string of the molecule is Cc1cc([C@@H](OCCN(C)Cc2ccccc2)c2ccccc2)[nH]n1. The van der Waals surface area contributed by atoms with Crippen molar-refractivity contribution < 1.29 is 4.74 Å². The van der Waals surface area contributed by atoms with Crippen molar-refractivity contribution in [2.45, 2.75) is 19.6 Å². The van der Waals surface area contributed by atoms with E-state index in [0.717, 1.165) is 30.0 Å². The van der Waals surface area contributed by atoms with Gasteiger partial charge in [-0.1, -0.05) is 60.7 Å². The third-order valence-electron chi connectivity index (χ3n) is 4.16. The molecule has 130 valence electrons. The van der Waals surface area contributed by atoms with Gasteiger partial charge < -0.3 is 4.74 Å². The minimum atomic E-state index is -0.118. The number of likely N-dealkylation sites (N-methyl/N-ethyl adjacent to an activating group) is 1. The van der Waals surface area contributed by atoms with E-state index in [2.05, 4.69) is 58.5 Å². The lowest BCUT2D eigenvalue weighted by molar-refractivity contribution is 0.0611. The maximum atomic E-state index is 6.22. The van der Waals surface area contributed by atoms with Gasteiger partial charge in [0, 0.05) is 13.1 Å². The van der Waals surface area contributed by atoms with E-state index in [1.54, 1.807) is 0 Å². The molecule has 3 aromatic rings. The van der Waals surface area contributed by atoms with Gasteiger partial charge in [-0.25, -0.2) is 0 Å². The molecule has 0 fully saturated rings. The molecule has 3 rings (SSSR count). The first-order chi connectivity index (χ1) is 12.2. The number of aromatic nitrogens is 2. The summed E-state index contributed by atoms with van der Waals surface area (Å²) < 4.78 is 6.22. The summed E-state index contributed by atoms with van der Waals surface area (Å²) in [6.45, 7) is 4.42. The smallest absolute Gasteiger partial charge is 0.124 e. The second kappa shape index (κ2) is 8.60. The molecular weight excluding hydrogens is 310 g/mol. The number of ether oxygens (including phenoxy) is 1. The van der Waals surface area contributed by atoms with Crippen LogP contribution in [0.25, 0.3) is 0 Å². The van der Waals surface area contributed by atoms with Crippen molar-refractivity contribution in [1.29, 1.82) is 0 Å². The number of aromatic amines is 1. The molecule has 0 aliphatic rings. The fraction of sp³-hybridized carbons (Fsp3) is 0.286. The van der Waals surface area contributed by atoms with Crippen LogP contribution >= 0.6 is 0 Å². The van der Waals surface area contributed by atoms with Gasteiger partial charge in [-0.15, -0.1) is 0 Å². The second-order valence-electron chi connectivity index (χ2n) is 6.35. The zero-order valence-corrected chi connectivity index (χ0v) is 14.9. The van der Waals surface area contributed by atoms with Crippen molar-refractivity contribution in [2.24, 2.45) is 0 Å². The van der Waals surface area contributed by atoms with Crippen molar-refractivity contribution in [3.63, 3.8) is 0 Å². The van der Waals surface area contributed by atoms with Gasteiger partial charge in [0.25, 0.3) is 0 Å². The predicted molar refractivity (Wildman–Crippen MR) is 100 cm³/mol. The minimum Gasteiger partial charge on any atom is -0.366 e. The molecule has 4 heteroatoms. The fourth-order valence-corrected chi connectivity index (χ4v) is 2.87. The number of nitrogens with one attached hydrogen (secondary N) is 1. The van der Waals surface area contributed by atoms with Crippen LogP contribution in [0.2, 0.25) is 0 Å². The van der Waals surface area contributed by atoms with Gasteiger partial charge >= 0.3 is 0 Å². The van der Waals surface area contributed by atoms with Crippen LogP contribution in [0.15, 0.2) is 66.7 Å². The summed E-state index contributed by atoms with van der Waals surface area (Å²) in [6.07, 6.45) is -0.118. The summed E-state index contributed by atoms with van der Waals surface area (Å²) in [7, 11) is 2.12.